The maximum absolute atomic E-state index is 11.9. The number of piperidine rings is 1. The SMILES string of the molecule is CN1CC[C@]23c4c5c(OS(C)(=O)=O)c(Br)c(O)c4O[C@H]2[C@@H](O)C=C[C@H]3[C@H]1C5. The first-order chi connectivity index (χ1) is 12.6. The Morgan fingerprint density at radius 3 is 2.85 bits per heavy atom. The minimum Gasteiger partial charge on any atom is -0.503 e. The number of likely N-dealkylation sites (tertiary alicyclic amines) is 1. The van der Waals surface area contributed by atoms with Gasteiger partial charge in [-0.3, -0.25) is 0 Å². The van der Waals surface area contributed by atoms with Crippen molar-refractivity contribution in [3.8, 4) is 17.2 Å². The molecule has 9 heteroatoms. The molecular weight excluding hydrogens is 438 g/mol. The number of nitrogens with zero attached hydrogens (tertiary/aromatic N) is 1. The predicted molar refractivity (Wildman–Crippen MR) is 101 cm³/mol. The largest absolute Gasteiger partial charge is 0.503 e. The molecule has 2 N–H and O–H groups in total. The van der Waals surface area contributed by atoms with Crippen LogP contribution in [0.5, 0.6) is 17.2 Å². The first-order valence-corrected chi connectivity index (χ1v) is 11.5. The van der Waals surface area contributed by atoms with Crippen LogP contribution in [0.1, 0.15) is 17.5 Å². The van der Waals surface area contributed by atoms with E-state index in [0.29, 0.717) is 12.2 Å². The van der Waals surface area contributed by atoms with Crippen molar-refractivity contribution in [3.63, 3.8) is 0 Å². The van der Waals surface area contributed by atoms with Gasteiger partial charge < -0.3 is 24.0 Å². The van der Waals surface area contributed by atoms with Crippen LogP contribution in [0.3, 0.4) is 0 Å². The average Bonchev–Trinajstić information content (AvgIpc) is 2.93. The minimum atomic E-state index is -3.79. The van der Waals surface area contributed by atoms with Gasteiger partial charge in [0.25, 0.3) is 0 Å². The molecule has 5 rings (SSSR count). The summed E-state index contributed by atoms with van der Waals surface area (Å²) < 4.78 is 35.3. The van der Waals surface area contributed by atoms with E-state index in [1.54, 1.807) is 6.08 Å². The van der Waals surface area contributed by atoms with Crippen LogP contribution in [-0.2, 0) is 22.0 Å². The summed E-state index contributed by atoms with van der Waals surface area (Å²) in [6, 6.07) is 0.130. The molecule has 2 heterocycles. The molecule has 4 aliphatic rings. The number of aliphatic hydroxyl groups is 1. The number of hydrogen-bond acceptors (Lipinski definition) is 7. The number of likely N-dealkylation sites (N-methyl/N-ethyl adjacent to an activating group) is 1. The summed E-state index contributed by atoms with van der Waals surface area (Å²) in [6.07, 6.45) is 4.84. The number of ether oxygens (including phenoxy) is 1. The topological polar surface area (TPSA) is 96.3 Å². The fourth-order valence-corrected chi connectivity index (χ4v) is 6.65. The van der Waals surface area contributed by atoms with Crippen molar-refractivity contribution in [2.75, 3.05) is 19.8 Å². The lowest BCUT2D eigenvalue weighted by Gasteiger charge is -2.56. The molecule has 27 heavy (non-hydrogen) atoms. The van der Waals surface area contributed by atoms with Crippen LogP contribution in [0.25, 0.3) is 0 Å². The highest BCUT2D eigenvalue weighted by Crippen LogP contribution is 2.65. The Morgan fingerprint density at radius 1 is 1.41 bits per heavy atom. The molecule has 1 aromatic rings. The third-order valence-electron chi connectivity index (χ3n) is 6.57. The van der Waals surface area contributed by atoms with Crippen LogP contribution in [-0.4, -0.2) is 61.6 Å². The smallest absolute Gasteiger partial charge is 0.306 e. The van der Waals surface area contributed by atoms with Crippen molar-refractivity contribution in [2.24, 2.45) is 5.92 Å². The zero-order chi connectivity index (χ0) is 19.3. The minimum absolute atomic E-state index is 0.116. The molecule has 0 radical (unpaired) electrons. The van der Waals surface area contributed by atoms with Crippen molar-refractivity contribution in [3.05, 3.63) is 27.8 Å². The Kier molecular flexibility index (Phi) is 3.56. The lowest BCUT2D eigenvalue weighted by atomic mass is 9.53. The Hall–Kier alpha value is -1.29. The Morgan fingerprint density at radius 2 is 2.15 bits per heavy atom. The maximum Gasteiger partial charge on any atom is 0.306 e. The van der Waals surface area contributed by atoms with Gasteiger partial charge in [-0.05, 0) is 42.4 Å². The number of aliphatic hydroxyl groups excluding tert-OH is 1. The lowest BCUT2D eigenvalue weighted by Crippen LogP contribution is -2.64. The van der Waals surface area contributed by atoms with E-state index in [2.05, 4.69) is 34.0 Å². The Labute approximate surface area is 165 Å². The number of aromatic hydroxyl groups is 1. The zero-order valence-electron chi connectivity index (χ0n) is 14.8. The van der Waals surface area contributed by atoms with E-state index < -0.39 is 27.7 Å². The third-order valence-corrected chi connectivity index (χ3v) is 7.78. The normalized spacial score (nSPS) is 36.3. The molecule has 0 saturated carbocycles. The second-order valence-electron chi connectivity index (χ2n) is 7.94. The molecule has 2 aliphatic carbocycles. The van der Waals surface area contributed by atoms with Crippen LogP contribution in [0.4, 0.5) is 0 Å². The second-order valence-corrected chi connectivity index (χ2v) is 10.3. The number of halogens is 1. The molecule has 1 aromatic carbocycles. The van der Waals surface area contributed by atoms with Gasteiger partial charge in [0.1, 0.15) is 16.7 Å². The molecule has 1 saturated heterocycles. The lowest BCUT2D eigenvalue weighted by molar-refractivity contribution is -0.0454. The van der Waals surface area contributed by atoms with Crippen molar-refractivity contribution < 1.29 is 27.6 Å². The molecule has 2 bridgehead atoms. The van der Waals surface area contributed by atoms with E-state index in [0.717, 1.165) is 30.3 Å². The highest BCUT2D eigenvalue weighted by Gasteiger charge is 2.65. The van der Waals surface area contributed by atoms with E-state index in [9.17, 15) is 18.6 Å². The monoisotopic (exact) mass is 457 g/mol. The van der Waals surface area contributed by atoms with Gasteiger partial charge in [0, 0.05) is 28.5 Å². The number of rotatable bonds is 2. The highest BCUT2D eigenvalue weighted by molar-refractivity contribution is 9.10. The fraction of sp³-hybridized carbons (Fsp3) is 0.556. The van der Waals surface area contributed by atoms with Crippen LogP contribution in [0.15, 0.2) is 16.6 Å². The van der Waals surface area contributed by atoms with Gasteiger partial charge in [0.05, 0.1) is 6.26 Å². The van der Waals surface area contributed by atoms with Gasteiger partial charge in [0.15, 0.2) is 17.2 Å². The van der Waals surface area contributed by atoms with Gasteiger partial charge in [-0.15, -0.1) is 0 Å². The van der Waals surface area contributed by atoms with Crippen molar-refractivity contribution in [2.45, 2.75) is 36.5 Å². The molecule has 0 unspecified atom stereocenters. The standard InChI is InChI=1S/C18H20BrNO6S/c1-20-6-5-18-9-3-4-11(21)17(18)25-16-12(18)8(7-10(9)20)15(13(19)14(16)22)26-27(2,23)24/h3-4,9-11,17,21-22H,5-7H2,1-2H3/t9-,10+,11-,17-,18-/m0/s1. The van der Waals surface area contributed by atoms with Crippen molar-refractivity contribution in [1.82, 2.24) is 4.90 Å². The van der Waals surface area contributed by atoms with Crippen LogP contribution in [0.2, 0.25) is 0 Å². The van der Waals surface area contributed by atoms with E-state index >= 15 is 0 Å². The second kappa shape index (κ2) is 5.40. The Bertz CT molecular complexity index is 992. The molecule has 0 aromatic heterocycles. The number of benzene rings is 1. The first-order valence-electron chi connectivity index (χ1n) is 8.85. The predicted octanol–water partition coefficient (Wildman–Crippen LogP) is 1.30. The molecule has 2 aliphatic heterocycles. The molecule has 5 atom stereocenters. The van der Waals surface area contributed by atoms with Gasteiger partial charge in [0.2, 0.25) is 0 Å². The van der Waals surface area contributed by atoms with E-state index in [4.69, 9.17) is 8.92 Å². The summed E-state index contributed by atoms with van der Waals surface area (Å²) >= 11 is 3.29. The Balaban J connectivity index is 1.85. The number of phenols is 1. The van der Waals surface area contributed by atoms with Gasteiger partial charge in [-0.25, -0.2) is 0 Å². The zero-order valence-corrected chi connectivity index (χ0v) is 17.2. The highest BCUT2D eigenvalue weighted by atomic mass is 79.9. The molecule has 0 amide bonds. The average molecular weight is 458 g/mol. The van der Waals surface area contributed by atoms with Gasteiger partial charge in [-0.1, -0.05) is 12.2 Å². The van der Waals surface area contributed by atoms with Crippen LogP contribution in [0, 0.1) is 5.92 Å². The molecule has 7 nitrogen and oxygen atoms in total. The van der Waals surface area contributed by atoms with E-state index in [-0.39, 0.29) is 27.9 Å². The summed E-state index contributed by atoms with van der Waals surface area (Å²) in [6.45, 7) is 0.833. The molecule has 1 fully saturated rings. The third kappa shape index (κ3) is 2.17. The molecule has 1 spiro atoms. The van der Waals surface area contributed by atoms with Crippen LogP contribution < -0.4 is 8.92 Å². The van der Waals surface area contributed by atoms with Crippen molar-refractivity contribution in [1.29, 1.82) is 0 Å². The molecular formula is C18H20BrNO6S. The quantitative estimate of drug-likeness (QED) is 0.510. The first kappa shape index (κ1) is 17.8. The summed E-state index contributed by atoms with van der Waals surface area (Å²) in [5.41, 5.74) is 1.03. The maximum atomic E-state index is 11.9. The summed E-state index contributed by atoms with van der Waals surface area (Å²) in [7, 11) is -1.73. The summed E-state index contributed by atoms with van der Waals surface area (Å²) in [4.78, 5) is 2.26. The van der Waals surface area contributed by atoms with E-state index in [1.165, 1.54) is 0 Å². The van der Waals surface area contributed by atoms with Crippen molar-refractivity contribution >= 4 is 26.0 Å². The van der Waals surface area contributed by atoms with Crippen LogP contribution >= 0.6 is 15.9 Å². The van der Waals surface area contributed by atoms with Gasteiger partial charge in [-0.2, -0.15) is 8.42 Å². The summed E-state index contributed by atoms with van der Waals surface area (Å²) in [5, 5.41) is 21.4. The summed E-state index contributed by atoms with van der Waals surface area (Å²) in [5.74, 6) is 0.392. The van der Waals surface area contributed by atoms with Gasteiger partial charge >= 0.3 is 10.1 Å². The molecule has 146 valence electrons. The number of phenolic OH excluding ortho intramolecular Hbond substituents is 1. The fourth-order valence-electron chi connectivity index (χ4n) is 5.56. The van der Waals surface area contributed by atoms with E-state index in [1.807, 2.05) is 0 Å². The number of hydrogen-bond donors (Lipinski definition) is 2.